The van der Waals surface area contributed by atoms with Crippen LogP contribution in [0.15, 0.2) is 0 Å². The van der Waals surface area contributed by atoms with Gasteiger partial charge in [-0.3, -0.25) is 4.79 Å². The van der Waals surface area contributed by atoms with Gasteiger partial charge in [0.2, 0.25) is 0 Å². The summed E-state index contributed by atoms with van der Waals surface area (Å²) in [4.78, 5) is 24.9. The van der Waals surface area contributed by atoms with E-state index in [9.17, 15) is 9.59 Å². The molecule has 0 unspecified atom stereocenters. The summed E-state index contributed by atoms with van der Waals surface area (Å²) in [7, 11) is 0. The van der Waals surface area contributed by atoms with Crippen LogP contribution in [0.3, 0.4) is 0 Å². The predicted octanol–water partition coefficient (Wildman–Crippen LogP) is 1.66. The molecule has 0 bridgehead atoms. The first-order valence-corrected chi connectivity index (χ1v) is 7.29. The molecule has 2 aliphatic heterocycles. The quantitative estimate of drug-likeness (QED) is 0.843. The zero-order valence-corrected chi connectivity index (χ0v) is 11.5. The van der Waals surface area contributed by atoms with Gasteiger partial charge < -0.3 is 14.7 Å². The van der Waals surface area contributed by atoms with Gasteiger partial charge in [0, 0.05) is 13.1 Å². The number of likely N-dealkylation sites (tertiary alicyclic amines) is 1. The van der Waals surface area contributed by atoms with Crippen molar-refractivity contribution in [1.29, 1.82) is 0 Å². The molecule has 2 aliphatic rings. The van der Waals surface area contributed by atoms with Gasteiger partial charge in [0.25, 0.3) is 5.91 Å². The van der Waals surface area contributed by atoms with Crippen molar-refractivity contribution in [2.24, 2.45) is 5.92 Å². The van der Waals surface area contributed by atoms with Crippen molar-refractivity contribution in [3.63, 3.8) is 0 Å². The van der Waals surface area contributed by atoms with Crippen molar-refractivity contribution in [3.8, 4) is 0 Å². The van der Waals surface area contributed by atoms with Gasteiger partial charge in [-0.25, -0.2) is 4.79 Å². The molecule has 2 rings (SSSR count). The lowest BCUT2D eigenvalue weighted by Crippen LogP contribution is -2.44. The van der Waals surface area contributed by atoms with Crippen molar-refractivity contribution in [3.05, 3.63) is 0 Å². The van der Waals surface area contributed by atoms with Gasteiger partial charge in [0.05, 0.1) is 0 Å². The standard InChI is InChI=1S/C14H23NO4/c1-2-3-10-6-8-15(9-7-10)13(16)11-4-5-12(19-11)14(17)18/h10-12H,2-9H2,1H3,(H,17,18)/t11-,12+/m0/s1. The molecular weight excluding hydrogens is 246 g/mol. The summed E-state index contributed by atoms with van der Waals surface area (Å²) in [6, 6.07) is 0. The molecule has 2 atom stereocenters. The van der Waals surface area contributed by atoms with E-state index in [1.165, 1.54) is 12.8 Å². The predicted molar refractivity (Wildman–Crippen MR) is 69.7 cm³/mol. The number of amides is 1. The Bertz CT molecular complexity index is 336. The van der Waals surface area contributed by atoms with Crippen LogP contribution in [0.25, 0.3) is 0 Å². The number of carboxylic acid groups (broad SMARTS) is 1. The molecule has 0 aliphatic carbocycles. The van der Waals surface area contributed by atoms with Crippen LogP contribution in [-0.4, -0.2) is 47.2 Å². The van der Waals surface area contributed by atoms with E-state index in [0.717, 1.165) is 31.8 Å². The van der Waals surface area contributed by atoms with Crippen LogP contribution >= 0.6 is 0 Å². The summed E-state index contributed by atoms with van der Waals surface area (Å²) in [5.74, 6) is -0.235. The highest BCUT2D eigenvalue weighted by Gasteiger charge is 2.37. The van der Waals surface area contributed by atoms with Crippen LogP contribution in [0.5, 0.6) is 0 Å². The number of carboxylic acids is 1. The normalized spacial score (nSPS) is 28.6. The van der Waals surface area contributed by atoms with Crippen molar-refractivity contribution in [2.75, 3.05) is 13.1 Å². The van der Waals surface area contributed by atoms with Crippen LogP contribution in [0.4, 0.5) is 0 Å². The van der Waals surface area contributed by atoms with Crippen molar-refractivity contribution in [2.45, 2.75) is 57.7 Å². The van der Waals surface area contributed by atoms with E-state index < -0.39 is 18.2 Å². The van der Waals surface area contributed by atoms with E-state index in [0.29, 0.717) is 12.8 Å². The fourth-order valence-corrected chi connectivity index (χ4v) is 3.05. The molecule has 5 heteroatoms. The van der Waals surface area contributed by atoms with E-state index in [-0.39, 0.29) is 5.91 Å². The lowest BCUT2D eigenvalue weighted by atomic mass is 9.92. The molecule has 0 aromatic carbocycles. The lowest BCUT2D eigenvalue weighted by Gasteiger charge is -2.33. The Kier molecular flexibility index (Phi) is 4.80. The highest BCUT2D eigenvalue weighted by Crippen LogP contribution is 2.26. The minimum Gasteiger partial charge on any atom is -0.479 e. The number of nitrogens with zero attached hydrogens (tertiary/aromatic N) is 1. The minimum atomic E-state index is -0.961. The van der Waals surface area contributed by atoms with Gasteiger partial charge in [-0.15, -0.1) is 0 Å². The third-order valence-electron chi connectivity index (χ3n) is 4.19. The number of ether oxygens (including phenoxy) is 1. The fraction of sp³-hybridized carbons (Fsp3) is 0.857. The largest absolute Gasteiger partial charge is 0.479 e. The van der Waals surface area contributed by atoms with E-state index in [1.54, 1.807) is 0 Å². The second-order valence-electron chi connectivity index (χ2n) is 5.59. The third-order valence-corrected chi connectivity index (χ3v) is 4.19. The minimum absolute atomic E-state index is 0.0151. The monoisotopic (exact) mass is 269 g/mol. The van der Waals surface area contributed by atoms with Crippen molar-refractivity contribution in [1.82, 2.24) is 4.90 Å². The summed E-state index contributed by atoms with van der Waals surface area (Å²) in [5.41, 5.74) is 0. The zero-order chi connectivity index (χ0) is 13.8. The van der Waals surface area contributed by atoms with Crippen LogP contribution < -0.4 is 0 Å². The van der Waals surface area contributed by atoms with E-state index in [4.69, 9.17) is 9.84 Å². The van der Waals surface area contributed by atoms with E-state index in [2.05, 4.69) is 6.92 Å². The van der Waals surface area contributed by atoms with Crippen molar-refractivity contribution >= 4 is 11.9 Å². The Hall–Kier alpha value is -1.10. The molecule has 5 nitrogen and oxygen atoms in total. The number of aliphatic carboxylic acids is 1. The Morgan fingerprint density at radius 2 is 1.79 bits per heavy atom. The summed E-state index contributed by atoms with van der Waals surface area (Å²) >= 11 is 0. The summed E-state index contributed by atoms with van der Waals surface area (Å²) in [5, 5.41) is 8.87. The lowest BCUT2D eigenvalue weighted by molar-refractivity contribution is -0.155. The molecule has 0 spiro atoms. The average molecular weight is 269 g/mol. The average Bonchev–Trinajstić information content (AvgIpc) is 2.89. The Morgan fingerprint density at radius 3 is 2.32 bits per heavy atom. The molecule has 2 heterocycles. The maximum absolute atomic E-state index is 12.2. The number of hydrogen-bond acceptors (Lipinski definition) is 3. The molecule has 108 valence electrons. The summed E-state index contributed by atoms with van der Waals surface area (Å²) < 4.78 is 5.32. The zero-order valence-electron chi connectivity index (χ0n) is 11.5. The summed E-state index contributed by atoms with van der Waals surface area (Å²) in [6.07, 6.45) is 4.20. The van der Waals surface area contributed by atoms with Gasteiger partial charge >= 0.3 is 5.97 Å². The van der Waals surface area contributed by atoms with Crippen LogP contribution in [0.1, 0.15) is 45.4 Å². The Labute approximate surface area is 113 Å². The van der Waals surface area contributed by atoms with E-state index in [1.807, 2.05) is 4.90 Å². The van der Waals surface area contributed by atoms with Gasteiger partial charge in [-0.2, -0.15) is 0 Å². The van der Waals surface area contributed by atoms with Crippen molar-refractivity contribution < 1.29 is 19.4 Å². The molecule has 0 radical (unpaired) electrons. The molecule has 2 saturated heterocycles. The number of rotatable bonds is 4. The number of carbonyl (C=O) groups excluding carboxylic acids is 1. The van der Waals surface area contributed by atoms with Crippen LogP contribution in [-0.2, 0) is 14.3 Å². The first kappa shape index (κ1) is 14.3. The van der Waals surface area contributed by atoms with Crippen LogP contribution in [0, 0.1) is 5.92 Å². The highest BCUT2D eigenvalue weighted by atomic mass is 16.5. The summed E-state index contributed by atoms with van der Waals surface area (Å²) in [6.45, 7) is 3.78. The van der Waals surface area contributed by atoms with Gasteiger partial charge in [0.15, 0.2) is 6.10 Å². The third kappa shape index (κ3) is 3.47. The van der Waals surface area contributed by atoms with Gasteiger partial charge in [-0.05, 0) is 31.6 Å². The topological polar surface area (TPSA) is 66.8 Å². The molecule has 0 aromatic rings. The maximum atomic E-state index is 12.2. The molecule has 0 aromatic heterocycles. The first-order chi connectivity index (χ1) is 9.11. The fourth-order valence-electron chi connectivity index (χ4n) is 3.05. The first-order valence-electron chi connectivity index (χ1n) is 7.29. The Balaban J connectivity index is 1.80. The number of piperidine rings is 1. The van der Waals surface area contributed by atoms with Crippen LogP contribution in [0.2, 0.25) is 0 Å². The van der Waals surface area contributed by atoms with E-state index >= 15 is 0 Å². The van der Waals surface area contributed by atoms with Gasteiger partial charge in [-0.1, -0.05) is 19.8 Å². The second-order valence-corrected chi connectivity index (χ2v) is 5.59. The number of hydrogen-bond donors (Lipinski definition) is 1. The molecular formula is C14H23NO4. The SMILES string of the molecule is CCCC1CCN(C(=O)[C@@H]2CC[C@H](C(=O)O)O2)CC1. The smallest absolute Gasteiger partial charge is 0.332 e. The molecule has 2 fully saturated rings. The molecule has 0 saturated carbocycles. The highest BCUT2D eigenvalue weighted by molar-refractivity contribution is 5.82. The molecule has 1 amide bonds. The van der Waals surface area contributed by atoms with Gasteiger partial charge in [0.1, 0.15) is 6.10 Å². The molecule has 1 N–H and O–H groups in total. The number of carbonyl (C=O) groups is 2. The Morgan fingerprint density at radius 1 is 1.16 bits per heavy atom. The second kappa shape index (κ2) is 6.37. The molecule has 19 heavy (non-hydrogen) atoms. The maximum Gasteiger partial charge on any atom is 0.332 e.